The van der Waals surface area contributed by atoms with Crippen molar-refractivity contribution < 1.29 is 0 Å². The van der Waals surface area contributed by atoms with Gasteiger partial charge in [0, 0.05) is 14.1 Å². The van der Waals surface area contributed by atoms with Crippen molar-refractivity contribution in [3.05, 3.63) is 12.3 Å². The summed E-state index contributed by atoms with van der Waals surface area (Å²) in [5.74, 6) is 0. The number of unbranched alkanes of at least 4 members (excludes halogenated alkanes) is 4. The molecule has 0 spiro atoms. The highest BCUT2D eigenvalue weighted by atomic mass is 15.0. The molecule has 0 aliphatic rings. The second kappa shape index (κ2) is 7.64. The van der Waals surface area contributed by atoms with Gasteiger partial charge in [0.25, 0.3) is 0 Å². The Hall–Kier alpha value is -0.460. The topological polar surface area (TPSA) is 3.24 Å². The van der Waals surface area contributed by atoms with Crippen molar-refractivity contribution in [2.24, 2.45) is 0 Å². The molecule has 0 aromatic heterocycles. The van der Waals surface area contributed by atoms with Gasteiger partial charge in [0.1, 0.15) is 0 Å². The van der Waals surface area contributed by atoms with Crippen LogP contribution < -0.4 is 0 Å². The summed E-state index contributed by atoms with van der Waals surface area (Å²) in [5.41, 5.74) is 0. The number of allylic oxidation sites excluding steroid dienone is 1. The Labute approximate surface area is 71.1 Å². The van der Waals surface area contributed by atoms with Gasteiger partial charge in [-0.15, -0.1) is 0 Å². The second-order valence-electron chi connectivity index (χ2n) is 3.20. The van der Waals surface area contributed by atoms with E-state index in [1.165, 1.54) is 32.1 Å². The first-order valence-corrected chi connectivity index (χ1v) is 4.60. The van der Waals surface area contributed by atoms with Crippen LogP contribution in [-0.2, 0) is 0 Å². The number of nitrogens with zero attached hydrogens (tertiary/aromatic N) is 1. The van der Waals surface area contributed by atoms with Crippen molar-refractivity contribution in [2.45, 2.75) is 39.0 Å². The van der Waals surface area contributed by atoms with E-state index in [4.69, 9.17) is 0 Å². The molecule has 0 fully saturated rings. The lowest BCUT2D eigenvalue weighted by molar-refractivity contribution is 0.558. The van der Waals surface area contributed by atoms with Crippen LogP contribution in [0.3, 0.4) is 0 Å². The molecule has 0 bridgehead atoms. The van der Waals surface area contributed by atoms with Crippen molar-refractivity contribution in [3.63, 3.8) is 0 Å². The van der Waals surface area contributed by atoms with Gasteiger partial charge in [-0.3, -0.25) is 0 Å². The Bertz CT molecular complexity index is 95.0. The molecule has 0 aliphatic heterocycles. The minimum Gasteiger partial charge on any atom is -0.384 e. The number of rotatable bonds is 6. The summed E-state index contributed by atoms with van der Waals surface area (Å²) >= 11 is 0. The summed E-state index contributed by atoms with van der Waals surface area (Å²) in [6.07, 6.45) is 11.1. The zero-order valence-corrected chi connectivity index (χ0v) is 8.14. The quantitative estimate of drug-likeness (QED) is 0.533. The van der Waals surface area contributed by atoms with Crippen LogP contribution in [0.1, 0.15) is 39.0 Å². The molecule has 0 amide bonds. The highest BCUT2D eigenvalue weighted by molar-refractivity contribution is 4.78. The van der Waals surface area contributed by atoms with Crippen LogP contribution in [0.4, 0.5) is 0 Å². The molecular formula is C10H21N. The first kappa shape index (κ1) is 10.5. The zero-order chi connectivity index (χ0) is 8.53. The largest absolute Gasteiger partial charge is 0.384 e. The molecule has 0 atom stereocenters. The summed E-state index contributed by atoms with van der Waals surface area (Å²) in [7, 11) is 4.12. The first-order valence-electron chi connectivity index (χ1n) is 4.60. The fourth-order valence-electron chi connectivity index (χ4n) is 0.974. The van der Waals surface area contributed by atoms with Crippen LogP contribution in [0.2, 0.25) is 0 Å². The maximum atomic E-state index is 2.25. The minimum absolute atomic E-state index is 1.23. The van der Waals surface area contributed by atoms with Crippen molar-refractivity contribution in [2.75, 3.05) is 14.1 Å². The van der Waals surface area contributed by atoms with Gasteiger partial charge in [-0.2, -0.15) is 0 Å². The highest BCUT2D eigenvalue weighted by Gasteiger charge is 1.83. The number of hydrogen-bond donors (Lipinski definition) is 0. The summed E-state index contributed by atoms with van der Waals surface area (Å²) in [6.45, 7) is 2.25. The molecule has 0 aromatic rings. The van der Waals surface area contributed by atoms with Gasteiger partial charge in [-0.1, -0.05) is 32.3 Å². The molecule has 0 radical (unpaired) electrons. The van der Waals surface area contributed by atoms with Gasteiger partial charge in [0.15, 0.2) is 0 Å². The predicted octanol–water partition coefficient (Wildman–Crippen LogP) is 3.03. The third kappa shape index (κ3) is 9.54. The van der Waals surface area contributed by atoms with Gasteiger partial charge in [-0.05, 0) is 19.0 Å². The Kier molecular flexibility index (Phi) is 7.33. The van der Waals surface area contributed by atoms with E-state index in [1.54, 1.807) is 0 Å². The van der Waals surface area contributed by atoms with Crippen LogP contribution in [0.25, 0.3) is 0 Å². The molecule has 0 unspecified atom stereocenters. The maximum absolute atomic E-state index is 2.25. The van der Waals surface area contributed by atoms with Gasteiger partial charge < -0.3 is 4.90 Å². The average Bonchev–Trinajstić information content (AvgIpc) is 1.96. The van der Waals surface area contributed by atoms with Crippen molar-refractivity contribution in [1.82, 2.24) is 4.90 Å². The molecular weight excluding hydrogens is 134 g/mol. The van der Waals surface area contributed by atoms with E-state index in [1.807, 2.05) is 0 Å². The monoisotopic (exact) mass is 155 g/mol. The van der Waals surface area contributed by atoms with Crippen molar-refractivity contribution >= 4 is 0 Å². The maximum Gasteiger partial charge on any atom is 0.00555 e. The average molecular weight is 155 g/mol. The SMILES string of the molecule is CCCCCCC=CN(C)C. The first-order chi connectivity index (χ1) is 5.27. The lowest BCUT2D eigenvalue weighted by Crippen LogP contribution is -1.99. The van der Waals surface area contributed by atoms with Crippen LogP contribution in [0, 0.1) is 0 Å². The Morgan fingerprint density at radius 2 is 1.82 bits per heavy atom. The van der Waals surface area contributed by atoms with E-state index in [0.717, 1.165) is 0 Å². The third-order valence-corrected chi connectivity index (χ3v) is 1.63. The van der Waals surface area contributed by atoms with E-state index >= 15 is 0 Å². The molecule has 11 heavy (non-hydrogen) atoms. The van der Waals surface area contributed by atoms with Crippen LogP contribution in [-0.4, -0.2) is 19.0 Å². The van der Waals surface area contributed by atoms with E-state index in [-0.39, 0.29) is 0 Å². The third-order valence-electron chi connectivity index (χ3n) is 1.63. The molecule has 0 aromatic carbocycles. The van der Waals surface area contributed by atoms with Gasteiger partial charge in [0.05, 0.1) is 0 Å². The highest BCUT2D eigenvalue weighted by Crippen LogP contribution is 2.02. The smallest absolute Gasteiger partial charge is 0.00555 e. The lowest BCUT2D eigenvalue weighted by atomic mass is 10.1. The summed E-state index contributed by atoms with van der Waals surface area (Å²) in [4.78, 5) is 2.08. The molecule has 0 heterocycles. The standard InChI is InChI=1S/C10H21N/c1-4-5-6-7-8-9-10-11(2)3/h9-10H,4-8H2,1-3H3. The van der Waals surface area contributed by atoms with Gasteiger partial charge in [0.2, 0.25) is 0 Å². The molecule has 0 aliphatic carbocycles. The lowest BCUT2D eigenvalue weighted by Gasteiger charge is -2.02. The molecule has 1 heteroatoms. The van der Waals surface area contributed by atoms with Crippen LogP contribution in [0.5, 0.6) is 0 Å². The van der Waals surface area contributed by atoms with Crippen molar-refractivity contribution in [1.29, 1.82) is 0 Å². The summed E-state index contributed by atoms with van der Waals surface area (Å²) in [5, 5.41) is 0. The van der Waals surface area contributed by atoms with E-state index in [0.29, 0.717) is 0 Å². The molecule has 0 N–H and O–H groups in total. The fourth-order valence-corrected chi connectivity index (χ4v) is 0.974. The number of hydrogen-bond acceptors (Lipinski definition) is 1. The molecule has 1 nitrogen and oxygen atoms in total. The second-order valence-corrected chi connectivity index (χ2v) is 3.20. The Morgan fingerprint density at radius 3 is 2.36 bits per heavy atom. The van der Waals surface area contributed by atoms with E-state index in [2.05, 4.69) is 38.2 Å². The Balaban J connectivity index is 3.01. The van der Waals surface area contributed by atoms with Gasteiger partial charge >= 0.3 is 0 Å². The molecule has 0 saturated heterocycles. The Morgan fingerprint density at radius 1 is 1.09 bits per heavy atom. The van der Waals surface area contributed by atoms with Crippen LogP contribution in [0.15, 0.2) is 12.3 Å². The summed E-state index contributed by atoms with van der Waals surface area (Å²) < 4.78 is 0. The molecule has 0 saturated carbocycles. The normalized spacial score (nSPS) is 10.8. The zero-order valence-electron chi connectivity index (χ0n) is 8.14. The molecule has 0 rings (SSSR count). The van der Waals surface area contributed by atoms with Gasteiger partial charge in [-0.25, -0.2) is 0 Å². The predicted molar refractivity (Wildman–Crippen MR) is 51.6 cm³/mol. The molecule has 66 valence electrons. The fraction of sp³-hybridized carbons (Fsp3) is 0.800. The van der Waals surface area contributed by atoms with Crippen LogP contribution >= 0.6 is 0 Å². The summed E-state index contributed by atoms with van der Waals surface area (Å²) in [6, 6.07) is 0. The van der Waals surface area contributed by atoms with E-state index in [9.17, 15) is 0 Å². The van der Waals surface area contributed by atoms with E-state index < -0.39 is 0 Å². The van der Waals surface area contributed by atoms with Crippen molar-refractivity contribution in [3.8, 4) is 0 Å². The minimum atomic E-state index is 1.23.